The highest BCUT2D eigenvalue weighted by Gasteiger charge is 2.28. The number of esters is 1. The van der Waals surface area contributed by atoms with Gasteiger partial charge in [0.25, 0.3) is 10.1 Å². The summed E-state index contributed by atoms with van der Waals surface area (Å²) in [5.41, 5.74) is 0. The van der Waals surface area contributed by atoms with Crippen molar-refractivity contribution in [2.75, 3.05) is 32.9 Å². The summed E-state index contributed by atoms with van der Waals surface area (Å²) in [7, 11) is -0.433. The van der Waals surface area contributed by atoms with Crippen LogP contribution in [-0.2, 0) is 14.9 Å². The average Bonchev–Trinajstić information content (AvgIpc) is 2.58. The molecule has 0 atom stereocenters. The Hall–Kier alpha value is -1.79. The van der Waals surface area contributed by atoms with Gasteiger partial charge in [0.1, 0.15) is 0 Å². The molecular weight excluding hydrogens is 413 g/mol. The van der Waals surface area contributed by atoms with Crippen LogP contribution in [0.4, 0.5) is 22.0 Å². The molecule has 0 radical (unpaired) electrons. The molecule has 1 aromatic carbocycles. The number of carbonyl (C=O) groups is 1. The van der Waals surface area contributed by atoms with Crippen LogP contribution in [0, 0.1) is 29.1 Å². The largest absolute Gasteiger partial charge is 0.420 e. The zero-order valence-electron chi connectivity index (χ0n) is 15.3. The van der Waals surface area contributed by atoms with Gasteiger partial charge in [0.15, 0.2) is 0 Å². The van der Waals surface area contributed by atoms with Crippen LogP contribution in [0.25, 0.3) is 0 Å². The smallest absolute Gasteiger partial charge is 0.311 e. The minimum Gasteiger partial charge on any atom is -0.420 e. The maximum absolute atomic E-state index is 13.5. The van der Waals surface area contributed by atoms with Crippen molar-refractivity contribution in [3.05, 3.63) is 29.1 Å². The number of nitrogens with zero attached hydrogens (tertiary/aromatic N) is 1. The van der Waals surface area contributed by atoms with Gasteiger partial charge in [0.2, 0.25) is 34.8 Å². The van der Waals surface area contributed by atoms with Crippen LogP contribution in [0.3, 0.4) is 0 Å². The minimum atomic E-state index is -4.02. The van der Waals surface area contributed by atoms with E-state index in [9.17, 15) is 35.2 Å². The Morgan fingerprint density at radius 2 is 1.36 bits per heavy atom. The predicted molar refractivity (Wildman–Crippen MR) is 88.6 cm³/mol. The molecule has 6 nitrogen and oxygen atoms in total. The lowest BCUT2D eigenvalue weighted by molar-refractivity contribution is -0.890. The van der Waals surface area contributed by atoms with Gasteiger partial charge in [-0.1, -0.05) is 0 Å². The molecule has 1 N–H and O–H groups in total. The highest BCUT2D eigenvalue weighted by Crippen LogP contribution is 2.29. The summed E-state index contributed by atoms with van der Waals surface area (Å²) >= 11 is 0. The molecule has 0 saturated carbocycles. The number of hydrogen-bond acceptors (Lipinski definition) is 4. The number of benzene rings is 1. The van der Waals surface area contributed by atoms with E-state index < -0.39 is 50.9 Å². The standard InChI is InChI=1S/C16H20F5NO5S/c1-22(2,7-3-4-9-28(24,25)26)8-5-6-10(23)27-16-14(20)12(18)11(17)13(19)15(16)21/h3-9H2,1-2H3/p+1. The van der Waals surface area contributed by atoms with Crippen LogP contribution in [0.1, 0.15) is 25.7 Å². The first-order valence-electron chi connectivity index (χ1n) is 8.24. The molecule has 0 amide bonds. The Balaban J connectivity index is 2.53. The SMILES string of the molecule is C[N+](C)(CCCCS(=O)(=O)O)CCCC(=O)Oc1c(F)c(F)c(F)c(F)c1F. The van der Waals surface area contributed by atoms with Crippen molar-refractivity contribution in [1.29, 1.82) is 0 Å². The number of halogens is 5. The van der Waals surface area contributed by atoms with Gasteiger partial charge in [-0.3, -0.25) is 9.35 Å². The van der Waals surface area contributed by atoms with E-state index in [1.54, 1.807) is 14.1 Å². The highest BCUT2D eigenvalue weighted by atomic mass is 32.2. The first kappa shape index (κ1) is 24.2. The van der Waals surface area contributed by atoms with E-state index in [1.165, 1.54) is 0 Å². The Kier molecular flexibility index (Phi) is 8.32. The molecule has 0 aliphatic rings. The van der Waals surface area contributed by atoms with E-state index >= 15 is 0 Å². The Bertz CT molecular complexity index is 800. The molecule has 28 heavy (non-hydrogen) atoms. The monoisotopic (exact) mass is 434 g/mol. The molecule has 0 fully saturated rings. The maximum Gasteiger partial charge on any atom is 0.311 e. The van der Waals surface area contributed by atoms with Crippen molar-refractivity contribution in [2.24, 2.45) is 0 Å². The average molecular weight is 434 g/mol. The van der Waals surface area contributed by atoms with Crippen LogP contribution in [0.2, 0.25) is 0 Å². The summed E-state index contributed by atoms with van der Waals surface area (Å²) in [4.78, 5) is 11.7. The molecule has 0 saturated heterocycles. The van der Waals surface area contributed by atoms with Crippen LogP contribution >= 0.6 is 0 Å². The fourth-order valence-corrected chi connectivity index (χ4v) is 3.00. The molecule has 0 aliphatic heterocycles. The lowest BCUT2D eigenvalue weighted by atomic mass is 10.2. The molecule has 1 aromatic rings. The predicted octanol–water partition coefficient (Wildman–Crippen LogP) is 2.81. The Morgan fingerprint density at radius 3 is 1.86 bits per heavy atom. The number of rotatable bonds is 10. The van der Waals surface area contributed by atoms with Crippen molar-refractivity contribution in [2.45, 2.75) is 25.7 Å². The van der Waals surface area contributed by atoms with Crippen molar-refractivity contribution in [3.63, 3.8) is 0 Å². The normalized spacial score (nSPS) is 12.3. The molecule has 12 heteroatoms. The van der Waals surface area contributed by atoms with Crippen molar-refractivity contribution < 1.29 is 48.9 Å². The lowest BCUT2D eigenvalue weighted by Crippen LogP contribution is -2.41. The van der Waals surface area contributed by atoms with Gasteiger partial charge >= 0.3 is 5.97 Å². The van der Waals surface area contributed by atoms with E-state index in [4.69, 9.17) is 4.55 Å². The maximum atomic E-state index is 13.5. The topological polar surface area (TPSA) is 80.7 Å². The molecule has 0 bridgehead atoms. The summed E-state index contributed by atoms with van der Waals surface area (Å²) < 4.78 is 101. The van der Waals surface area contributed by atoms with Crippen LogP contribution in [0.5, 0.6) is 5.75 Å². The quantitative estimate of drug-likeness (QED) is 0.0896. The fraction of sp³-hybridized carbons (Fsp3) is 0.562. The minimum absolute atomic E-state index is 0.194. The van der Waals surface area contributed by atoms with E-state index in [0.29, 0.717) is 24.0 Å². The Morgan fingerprint density at radius 1 is 0.893 bits per heavy atom. The summed E-state index contributed by atoms with van der Waals surface area (Å²) in [6, 6.07) is 0. The molecule has 0 aromatic heterocycles. The van der Waals surface area contributed by atoms with Crippen LogP contribution < -0.4 is 4.74 Å². The molecule has 0 heterocycles. The first-order valence-corrected chi connectivity index (χ1v) is 9.85. The van der Waals surface area contributed by atoms with E-state index in [-0.39, 0.29) is 25.0 Å². The third-order valence-corrected chi connectivity index (χ3v) is 4.75. The van der Waals surface area contributed by atoms with Gasteiger partial charge in [-0.2, -0.15) is 17.2 Å². The zero-order chi connectivity index (χ0) is 21.7. The molecule has 0 spiro atoms. The van der Waals surface area contributed by atoms with Crippen molar-refractivity contribution >= 4 is 16.1 Å². The number of carbonyl (C=O) groups excluding carboxylic acids is 1. The second-order valence-corrected chi connectivity index (χ2v) is 8.42. The summed E-state index contributed by atoms with van der Waals surface area (Å²) in [6.45, 7) is 0.931. The second kappa shape index (κ2) is 9.61. The fourth-order valence-electron chi connectivity index (χ4n) is 2.43. The van der Waals surface area contributed by atoms with E-state index in [2.05, 4.69) is 4.74 Å². The van der Waals surface area contributed by atoms with E-state index in [1.807, 2.05) is 0 Å². The van der Waals surface area contributed by atoms with Gasteiger partial charge in [-0.05, 0) is 12.8 Å². The van der Waals surface area contributed by atoms with Crippen molar-refractivity contribution in [3.8, 4) is 5.75 Å². The zero-order valence-corrected chi connectivity index (χ0v) is 16.1. The molecule has 0 aliphatic carbocycles. The Labute approximate surface area is 159 Å². The highest BCUT2D eigenvalue weighted by molar-refractivity contribution is 7.85. The summed E-state index contributed by atoms with van der Waals surface area (Å²) in [5, 5.41) is 0. The number of quaternary nitrogens is 1. The number of unbranched alkanes of at least 4 members (excludes halogenated alkanes) is 1. The number of hydrogen-bond donors (Lipinski definition) is 1. The van der Waals surface area contributed by atoms with E-state index in [0.717, 1.165) is 0 Å². The molecule has 0 unspecified atom stereocenters. The molecule has 1 rings (SSSR count). The first-order chi connectivity index (χ1) is 12.7. The van der Waals surface area contributed by atoms with Gasteiger partial charge < -0.3 is 9.22 Å². The lowest BCUT2D eigenvalue weighted by Gasteiger charge is -2.29. The van der Waals surface area contributed by atoms with Crippen LogP contribution in [0.15, 0.2) is 0 Å². The summed E-state index contributed by atoms with van der Waals surface area (Å²) in [6.07, 6.45) is 0.607. The number of ether oxygens (including phenoxy) is 1. The van der Waals surface area contributed by atoms with Crippen molar-refractivity contribution in [1.82, 2.24) is 0 Å². The summed E-state index contributed by atoms with van der Waals surface area (Å²) in [5.74, 6) is -14.4. The van der Waals surface area contributed by atoms with Gasteiger partial charge in [0.05, 0.1) is 39.4 Å². The van der Waals surface area contributed by atoms with Gasteiger partial charge in [-0.15, -0.1) is 0 Å². The molecule has 160 valence electrons. The third-order valence-electron chi connectivity index (χ3n) is 3.95. The second-order valence-electron chi connectivity index (χ2n) is 6.85. The molecular formula is C16H21F5NO5S+. The third kappa shape index (κ3) is 7.32. The van der Waals surface area contributed by atoms with Gasteiger partial charge in [-0.25, -0.2) is 13.2 Å². The van der Waals surface area contributed by atoms with Crippen LogP contribution in [-0.4, -0.2) is 56.4 Å². The van der Waals surface area contributed by atoms with Gasteiger partial charge in [0, 0.05) is 6.42 Å².